The van der Waals surface area contributed by atoms with Gasteiger partial charge in [0.15, 0.2) is 0 Å². The normalized spacial score (nSPS) is 10.6. The fraction of sp³-hybridized carbons (Fsp3) is 0.308. The highest BCUT2D eigenvalue weighted by molar-refractivity contribution is 5.73. The monoisotopic (exact) mass is 262 g/mol. The second-order valence-electron chi connectivity index (χ2n) is 4.29. The van der Waals surface area contributed by atoms with Gasteiger partial charge >= 0.3 is 0 Å². The van der Waals surface area contributed by atoms with E-state index in [0.29, 0.717) is 36.6 Å². The van der Waals surface area contributed by atoms with E-state index in [-0.39, 0.29) is 11.7 Å². The minimum Gasteiger partial charge on any atom is -0.370 e. The fourth-order valence-corrected chi connectivity index (χ4v) is 1.86. The van der Waals surface area contributed by atoms with E-state index in [0.717, 1.165) is 0 Å². The molecule has 1 aromatic heterocycles. The van der Waals surface area contributed by atoms with Gasteiger partial charge in [0.2, 0.25) is 5.91 Å². The lowest BCUT2D eigenvalue weighted by Gasteiger charge is -2.05. The molecular formula is C13H15FN4O. The molecule has 0 bridgehead atoms. The van der Waals surface area contributed by atoms with Crippen molar-refractivity contribution in [2.24, 2.45) is 5.73 Å². The molecule has 0 fully saturated rings. The zero-order valence-corrected chi connectivity index (χ0v) is 10.6. The summed E-state index contributed by atoms with van der Waals surface area (Å²) in [7, 11) is 0. The molecule has 2 N–H and O–H groups in total. The first kappa shape index (κ1) is 13.2. The zero-order chi connectivity index (χ0) is 13.8. The molecule has 0 saturated carbocycles. The van der Waals surface area contributed by atoms with Gasteiger partial charge in [-0.3, -0.25) is 4.79 Å². The zero-order valence-electron chi connectivity index (χ0n) is 10.6. The summed E-state index contributed by atoms with van der Waals surface area (Å²) < 4.78 is 14.8. The van der Waals surface area contributed by atoms with Crippen LogP contribution in [-0.2, 0) is 11.2 Å². The Balaban J connectivity index is 2.23. The molecule has 2 aromatic rings. The van der Waals surface area contributed by atoms with Gasteiger partial charge in [0, 0.05) is 12.8 Å². The van der Waals surface area contributed by atoms with Crippen molar-refractivity contribution < 1.29 is 9.18 Å². The first-order chi connectivity index (χ1) is 9.06. The van der Waals surface area contributed by atoms with Crippen molar-refractivity contribution in [3.8, 4) is 5.69 Å². The number of nitrogens with zero attached hydrogens (tertiary/aromatic N) is 3. The second-order valence-corrected chi connectivity index (χ2v) is 4.29. The molecule has 0 saturated heterocycles. The Bertz CT molecular complexity index is 594. The summed E-state index contributed by atoms with van der Waals surface area (Å²) in [5.74, 6) is 0.643. The summed E-state index contributed by atoms with van der Waals surface area (Å²) in [6, 6.07) is 6.15. The Morgan fingerprint density at radius 2 is 2.26 bits per heavy atom. The lowest BCUT2D eigenvalue weighted by Crippen LogP contribution is -2.11. The summed E-state index contributed by atoms with van der Waals surface area (Å²) in [5.41, 5.74) is 5.72. The van der Waals surface area contributed by atoms with Crippen molar-refractivity contribution in [3.63, 3.8) is 0 Å². The topological polar surface area (TPSA) is 73.8 Å². The minimum atomic E-state index is -0.339. The first-order valence-corrected chi connectivity index (χ1v) is 6.03. The summed E-state index contributed by atoms with van der Waals surface area (Å²) in [6.07, 6.45) is 1.47. The highest BCUT2D eigenvalue weighted by Crippen LogP contribution is 2.13. The number of rotatable bonds is 5. The molecule has 19 heavy (non-hydrogen) atoms. The van der Waals surface area contributed by atoms with Gasteiger partial charge in [-0.15, -0.1) is 0 Å². The molecule has 5 nitrogen and oxygen atoms in total. The number of hydrogen-bond acceptors (Lipinski definition) is 3. The van der Waals surface area contributed by atoms with E-state index in [1.165, 1.54) is 12.1 Å². The molecule has 2 rings (SSSR count). The van der Waals surface area contributed by atoms with Crippen LogP contribution in [0.1, 0.15) is 24.5 Å². The van der Waals surface area contributed by atoms with E-state index in [4.69, 9.17) is 5.73 Å². The van der Waals surface area contributed by atoms with Crippen LogP contribution in [0.5, 0.6) is 0 Å². The Labute approximate surface area is 110 Å². The summed E-state index contributed by atoms with van der Waals surface area (Å²) in [4.78, 5) is 15.0. The molecule has 0 unspecified atom stereocenters. The van der Waals surface area contributed by atoms with Crippen LogP contribution in [0.25, 0.3) is 5.69 Å². The average Bonchev–Trinajstić information content (AvgIpc) is 2.70. The maximum absolute atomic E-state index is 13.2. The van der Waals surface area contributed by atoms with Gasteiger partial charge < -0.3 is 5.73 Å². The predicted molar refractivity (Wildman–Crippen MR) is 68.2 cm³/mol. The first-order valence-electron chi connectivity index (χ1n) is 6.03. The number of hydrogen-bond donors (Lipinski definition) is 1. The Hall–Kier alpha value is -2.24. The third kappa shape index (κ3) is 3.37. The molecule has 0 spiro atoms. The third-order valence-electron chi connectivity index (χ3n) is 2.66. The molecule has 100 valence electrons. The maximum Gasteiger partial charge on any atom is 0.217 e. The number of nitrogens with two attached hydrogens (primary N) is 1. The van der Waals surface area contributed by atoms with Gasteiger partial charge in [-0.05, 0) is 31.5 Å². The largest absolute Gasteiger partial charge is 0.370 e. The molecule has 1 heterocycles. The maximum atomic E-state index is 13.2. The number of aromatic nitrogens is 3. The van der Waals surface area contributed by atoms with E-state index >= 15 is 0 Å². The van der Waals surface area contributed by atoms with Crippen LogP contribution in [0.2, 0.25) is 0 Å². The number of carbonyl (C=O) groups is 1. The highest BCUT2D eigenvalue weighted by Gasteiger charge is 2.10. The minimum absolute atomic E-state index is 0.301. The summed E-state index contributed by atoms with van der Waals surface area (Å²) in [5, 5.41) is 4.24. The number of halogens is 1. The number of amides is 1. The van der Waals surface area contributed by atoms with Crippen LogP contribution < -0.4 is 5.73 Å². The SMILES string of the molecule is Cc1nc(CCCC(N)=O)n(-c2cccc(F)c2)n1. The van der Waals surface area contributed by atoms with Crippen LogP contribution in [0.15, 0.2) is 24.3 Å². The highest BCUT2D eigenvalue weighted by atomic mass is 19.1. The smallest absolute Gasteiger partial charge is 0.217 e. The molecule has 0 atom stereocenters. The van der Waals surface area contributed by atoms with Crippen LogP contribution in [-0.4, -0.2) is 20.7 Å². The summed E-state index contributed by atoms with van der Waals surface area (Å²) in [6.45, 7) is 1.77. The van der Waals surface area contributed by atoms with E-state index in [1.54, 1.807) is 23.7 Å². The van der Waals surface area contributed by atoms with Crippen molar-refractivity contribution in [2.75, 3.05) is 0 Å². The van der Waals surface area contributed by atoms with Gasteiger partial charge in [0.25, 0.3) is 0 Å². The van der Waals surface area contributed by atoms with Crippen molar-refractivity contribution in [2.45, 2.75) is 26.2 Å². The van der Waals surface area contributed by atoms with E-state index in [1.807, 2.05) is 0 Å². The summed E-state index contributed by atoms with van der Waals surface area (Å²) >= 11 is 0. The van der Waals surface area contributed by atoms with Gasteiger partial charge in [0.1, 0.15) is 17.5 Å². The molecule has 0 aliphatic carbocycles. The van der Waals surface area contributed by atoms with E-state index in [9.17, 15) is 9.18 Å². The molecule has 1 amide bonds. The molecule has 0 aliphatic heterocycles. The number of benzene rings is 1. The second kappa shape index (κ2) is 5.60. The van der Waals surface area contributed by atoms with Gasteiger partial charge in [-0.1, -0.05) is 6.07 Å². The van der Waals surface area contributed by atoms with Crippen molar-refractivity contribution in [1.29, 1.82) is 0 Å². The Morgan fingerprint density at radius 3 is 2.95 bits per heavy atom. The van der Waals surface area contributed by atoms with Crippen LogP contribution in [0, 0.1) is 12.7 Å². The Kier molecular flexibility index (Phi) is 3.89. The van der Waals surface area contributed by atoms with Crippen LogP contribution >= 0.6 is 0 Å². The molecule has 6 heteroatoms. The fourth-order valence-electron chi connectivity index (χ4n) is 1.86. The van der Waals surface area contributed by atoms with Crippen LogP contribution in [0.3, 0.4) is 0 Å². The van der Waals surface area contributed by atoms with Crippen LogP contribution in [0.4, 0.5) is 4.39 Å². The average molecular weight is 262 g/mol. The van der Waals surface area contributed by atoms with Crippen molar-refractivity contribution in [1.82, 2.24) is 14.8 Å². The van der Waals surface area contributed by atoms with Crippen molar-refractivity contribution in [3.05, 3.63) is 41.7 Å². The molecular weight excluding hydrogens is 247 g/mol. The van der Waals surface area contributed by atoms with Gasteiger partial charge in [-0.2, -0.15) is 5.10 Å². The number of primary amides is 1. The number of aryl methyl sites for hydroxylation is 2. The predicted octanol–water partition coefficient (Wildman–Crippen LogP) is 1.52. The van der Waals surface area contributed by atoms with Crippen molar-refractivity contribution >= 4 is 5.91 Å². The van der Waals surface area contributed by atoms with Gasteiger partial charge in [-0.25, -0.2) is 14.1 Å². The Morgan fingerprint density at radius 1 is 1.47 bits per heavy atom. The number of carbonyl (C=O) groups excluding carboxylic acids is 1. The molecule has 1 aromatic carbocycles. The molecule has 0 aliphatic rings. The quantitative estimate of drug-likeness (QED) is 0.887. The third-order valence-corrected chi connectivity index (χ3v) is 2.66. The van der Waals surface area contributed by atoms with E-state index in [2.05, 4.69) is 10.1 Å². The van der Waals surface area contributed by atoms with E-state index < -0.39 is 0 Å². The molecule has 0 radical (unpaired) electrons. The lowest BCUT2D eigenvalue weighted by molar-refractivity contribution is -0.118. The lowest BCUT2D eigenvalue weighted by atomic mass is 10.2. The standard InChI is InChI=1S/C13H15FN4O/c1-9-16-13(7-3-6-12(15)19)18(17-9)11-5-2-4-10(14)8-11/h2,4-5,8H,3,6-7H2,1H3,(H2,15,19). The van der Waals surface area contributed by atoms with Gasteiger partial charge in [0.05, 0.1) is 5.69 Å².